The number of hydrogen-bond donors (Lipinski definition) is 3. The lowest BCUT2D eigenvalue weighted by Crippen LogP contribution is -2.51. The largest absolute Gasteiger partial charge is 0.481 e. The number of carboxylic acids is 1. The number of piperazine rings is 1. The monoisotopic (exact) mass is 584 g/mol. The maximum absolute atomic E-state index is 16.8. The van der Waals surface area contributed by atoms with Crippen LogP contribution < -0.4 is 15.0 Å². The van der Waals surface area contributed by atoms with Gasteiger partial charge < -0.3 is 25.0 Å². The van der Waals surface area contributed by atoms with Crippen LogP contribution in [0.15, 0.2) is 36.5 Å². The molecule has 0 amide bonds. The minimum atomic E-state index is -0.859. The summed E-state index contributed by atoms with van der Waals surface area (Å²) in [4.78, 5) is 29.1. The fourth-order valence-corrected chi connectivity index (χ4v) is 8.19. The van der Waals surface area contributed by atoms with E-state index in [1.165, 1.54) is 12.8 Å². The Hall–Kier alpha value is -3.76. The van der Waals surface area contributed by atoms with Crippen LogP contribution in [-0.2, 0) is 11.2 Å². The first-order valence-corrected chi connectivity index (χ1v) is 15.7. The van der Waals surface area contributed by atoms with Gasteiger partial charge in [-0.1, -0.05) is 18.2 Å². The average molecular weight is 585 g/mol. The Bertz CT molecular complexity index is 1700. The fraction of sp³-hybridized carbons (Fsp3) is 0.485. The van der Waals surface area contributed by atoms with E-state index in [4.69, 9.17) is 14.7 Å². The molecule has 4 aliphatic rings. The number of halogens is 1. The lowest BCUT2D eigenvalue weighted by molar-refractivity contribution is -0.136. The first-order chi connectivity index (χ1) is 21.0. The molecule has 0 radical (unpaired) electrons. The van der Waals surface area contributed by atoms with Crippen molar-refractivity contribution in [3.05, 3.63) is 47.9 Å². The van der Waals surface area contributed by atoms with E-state index < -0.39 is 11.8 Å². The standard InChI is InChI=1S/C33H37FN6O3/c34-29-23(25-16-35-26-5-1-4-20(28(25)26)6-11-27(41)42)9-10-24-30(29)37-32(43-19-33-12-2-14-40(33)15-3-13-33)38-31(24)39-17-21-7-8-22(18-39)36-21/h1,4-5,9-10,16,21-22,35-36H,2-3,6-8,11-15,17-19H2,(H,41,42). The van der Waals surface area contributed by atoms with E-state index in [0.29, 0.717) is 41.6 Å². The molecule has 8 rings (SSSR count). The zero-order valence-electron chi connectivity index (χ0n) is 24.2. The molecule has 224 valence electrons. The van der Waals surface area contributed by atoms with E-state index in [9.17, 15) is 9.90 Å². The number of ether oxygens (including phenoxy) is 1. The second-order valence-corrected chi connectivity index (χ2v) is 12.8. The first kappa shape index (κ1) is 26.8. The van der Waals surface area contributed by atoms with Crippen molar-refractivity contribution in [3.8, 4) is 17.1 Å². The van der Waals surface area contributed by atoms with Gasteiger partial charge in [0.25, 0.3) is 0 Å². The summed E-state index contributed by atoms with van der Waals surface area (Å²) < 4.78 is 23.2. The first-order valence-electron chi connectivity index (χ1n) is 15.7. The number of aliphatic carboxylic acids is 1. The number of carboxylic acid groups (broad SMARTS) is 1. The molecule has 0 spiro atoms. The molecular formula is C33H37FN6O3. The minimum absolute atomic E-state index is 0.00677. The van der Waals surface area contributed by atoms with Crippen molar-refractivity contribution >= 4 is 33.6 Å². The molecule has 2 aromatic carbocycles. The number of benzene rings is 2. The topological polar surface area (TPSA) is 107 Å². The zero-order chi connectivity index (χ0) is 29.1. The molecule has 43 heavy (non-hydrogen) atoms. The summed E-state index contributed by atoms with van der Waals surface area (Å²) in [6, 6.07) is 10.5. The summed E-state index contributed by atoms with van der Waals surface area (Å²) in [5, 5.41) is 14.5. The zero-order valence-corrected chi connectivity index (χ0v) is 24.2. The highest BCUT2D eigenvalue weighted by Gasteiger charge is 2.45. The van der Waals surface area contributed by atoms with Crippen LogP contribution in [0.3, 0.4) is 0 Å². The second-order valence-electron chi connectivity index (χ2n) is 12.8. The maximum Gasteiger partial charge on any atom is 0.319 e. The van der Waals surface area contributed by atoms with Crippen molar-refractivity contribution in [2.45, 2.75) is 69.0 Å². The Balaban J connectivity index is 1.22. The number of nitrogens with zero attached hydrogens (tertiary/aromatic N) is 4. The van der Waals surface area contributed by atoms with Gasteiger partial charge in [0.15, 0.2) is 5.82 Å². The number of anilines is 1. The fourth-order valence-electron chi connectivity index (χ4n) is 8.19. The van der Waals surface area contributed by atoms with Crippen LogP contribution in [0.25, 0.3) is 32.9 Å². The molecule has 2 bridgehead atoms. The Morgan fingerprint density at radius 2 is 1.86 bits per heavy atom. The Morgan fingerprint density at radius 3 is 2.63 bits per heavy atom. The Kier molecular flexibility index (Phi) is 6.52. The van der Waals surface area contributed by atoms with Gasteiger partial charge in [0.05, 0.1) is 5.54 Å². The Labute approximate surface area is 249 Å². The normalized spacial score (nSPS) is 23.0. The third-order valence-electron chi connectivity index (χ3n) is 10.3. The van der Waals surface area contributed by atoms with E-state index in [1.54, 1.807) is 6.20 Å². The summed E-state index contributed by atoms with van der Waals surface area (Å²) in [7, 11) is 0. The Morgan fingerprint density at radius 1 is 1.07 bits per heavy atom. The number of H-pyrrole nitrogens is 1. The van der Waals surface area contributed by atoms with Crippen molar-refractivity contribution in [2.75, 3.05) is 37.7 Å². The number of nitrogens with one attached hydrogen (secondary N) is 2. The van der Waals surface area contributed by atoms with Gasteiger partial charge in [-0.05, 0) is 75.7 Å². The molecule has 0 saturated carbocycles. The molecule has 2 aromatic heterocycles. The summed E-state index contributed by atoms with van der Waals surface area (Å²) >= 11 is 0. The van der Waals surface area contributed by atoms with Crippen LogP contribution in [0, 0.1) is 5.82 Å². The van der Waals surface area contributed by atoms with Gasteiger partial charge in [-0.2, -0.15) is 9.97 Å². The summed E-state index contributed by atoms with van der Waals surface area (Å²) in [5.74, 6) is -0.543. The average Bonchev–Trinajstić information content (AvgIpc) is 3.78. The molecule has 4 fully saturated rings. The molecule has 2 atom stereocenters. The van der Waals surface area contributed by atoms with Crippen LogP contribution in [-0.4, -0.2) is 81.3 Å². The highest BCUT2D eigenvalue weighted by Crippen LogP contribution is 2.41. The molecule has 3 N–H and O–H groups in total. The van der Waals surface area contributed by atoms with E-state index in [0.717, 1.165) is 74.1 Å². The van der Waals surface area contributed by atoms with Crippen LogP contribution in [0.2, 0.25) is 0 Å². The molecule has 2 unspecified atom stereocenters. The number of hydrogen-bond acceptors (Lipinski definition) is 7. The number of aryl methyl sites for hydroxylation is 1. The van der Waals surface area contributed by atoms with Gasteiger partial charge in [-0.15, -0.1) is 0 Å². The highest BCUT2D eigenvalue weighted by atomic mass is 19.1. The lowest BCUT2D eigenvalue weighted by atomic mass is 9.95. The van der Waals surface area contributed by atoms with Crippen molar-refractivity contribution in [1.29, 1.82) is 0 Å². The molecule has 0 aliphatic carbocycles. The van der Waals surface area contributed by atoms with Gasteiger partial charge in [0, 0.05) is 65.2 Å². The van der Waals surface area contributed by atoms with Gasteiger partial charge in [-0.25, -0.2) is 4.39 Å². The van der Waals surface area contributed by atoms with Crippen LogP contribution >= 0.6 is 0 Å². The molecule has 4 aliphatic heterocycles. The van der Waals surface area contributed by atoms with E-state index in [1.807, 2.05) is 30.3 Å². The van der Waals surface area contributed by atoms with E-state index in [2.05, 4.69) is 20.1 Å². The number of carbonyl (C=O) groups is 1. The predicted octanol–water partition coefficient (Wildman–Crippen LogP) is 4.88. The molecule has 9 nitrogen and oxygen atoms in total. The number of fused-ring (bicyclic) bond motifs is 5. The lowest BCUT2D eigenvalue weighted by Gasteiger charge is -2.34. The van der Waals surface area contributed by atoms with Crippen molar-refractivity contribution < 1.29 is 19.0 Å². The van der Waals surface area contributed by atoms with Crippen LogP contribution in [0.4, 0.5) is 10.2 Å². The number of rotatable bonds is 8. The minimum Gasteiger partial charge on any atom is -0.481 e. The van der Waals surface area contributed by atoms with Gasteiger partial charge in [0.1, 0.15) is 17.9 Å². The maximum atomic E-state index is 16.8. The molecule has 6 heterocycles. The van der Waals surface area contributed by atoms with Crippen molar-refractivity contribution in [3.63, 3.8) is 0 Å². The molecule has 10 heteroatoms. The van der Waals surface area contributed by atoms with Gasteiger partial charge >= 0.3 is 12.0 Å². The quantitative estimate of drug-likeness (QED) is 0.269. The number of aromatic nitrogens is 3. The van der Waals surface area contributed by atoms with E-state index in [-0.39, 0.29) is 23.5 Å². The predicted molar refractivity (Wildman–Crippen MR) is 163 cm³/mol. The molecule has 4 aromatic rings. The van der Waals surface area contributed by atoms with Gasteiger partial charge in [-0.3, -0.25) is 9.69 Å². The number of aromatic amines is 1. The van der Waals surface area contributed by atoms with Crippen LogP contribution in [0.1, 0.15) is 50.5 Å². The van der Waals surface area contributed by atoms with Crippen molar-refractivity contribution in [2.24, 2.45) is 0 Å². The summed E-state index contributed by atoms with van der Waals surface area (Å²) in [5.41, 5.74) is 3.13. The molecular weight excluding hydrogens is 547 g/mol. The van der Waals surface area contributed by atoms with Gasteiger partial charge in [0.2, 0.25) is 0 Å². The van der Waals surface area contributed by atoms with E-state index >= 15 is 4.39 Å². The molecule has 4 saturated heterocycles. The van der Waals surface area contributed by atoms with Crippen molar-refractivity contribution in [1.82, 2.24) is 25.2 Å². The smallest absolute Gasteiger partial charge is 0.319 e. The third-order valence-corrected chi connectivity index (χ3v) is 10.3. The summed E-state index contributed by atoms with van der Waals surface area (Å²) in [6.45, 7) is 4.36. The third kappa shape index (κ3) is 4.62. The van der Waals surface area contributed by atoms with Crippen LogP contribution in [0.5, 0.6) is 6.01 Å². The highest BCUT2D eigenvalue weighted by molar-refractivity contribution is 6.01. The SMILES string of the molecule is O=C(O)CCc1cccc2[nH]cc(-c3ccc4c(N5CC6CCC(C5)N6)nc(OCC56CCCN5CCC6)nc4c3F)c12. The second kappa shape index (κ2) is 10.4. The summed E-state index contributed by atoms with van der Waals surface area (Å²) in [6.07, 6.45) is 9.01.